The Balaban J connectivity index is 1.56. The Hall–Kier alpha value is -2.50. The first kappa shape index (κ1) is 19.8. The smallest absolute Gasteiger partial charge is 0.347 e. The van der Waals surface area contributed by atoms with Crippen molar-refractivity contribution in [1.29, 1.82) is 0 Å². The fourth-order valence-electron chi connectivity index (χ4n) is 3.30. The predicted octanol–water partition coefficient (Wildman–Crippen LogP) is 2.11. The van der Waals surface area contributed by atoms with Crippen LogP contribution in [0.15, 0.2) is 6.07 Å². The molecule has 2 fully saturated rings. The van der Waals surface area contributed by atoms with Gasteiger partial charge in [-0.3, -0.25) is 5.32 Å². The molecule has 2 aromatic heterocycles. The minimum absolute atomic E-state index is 0.188. The highest BCUT2D eigenvalue weighted by atomic mass is 32.1. The number of hydrogen-bond acceptors (Lipinski definition) is 10. The van der Waals surface area contributed by atoms with Gasteiger partial charge in [0.2, 0.25) is 5.95 Å². The van der Waals surface area contributed by atoms with Gasteiger partial charge in [-0.1, -0.05) is 11.3 Å². The molecule has 0 saturated carbocycles. The third-order valence-corrected chi connectivity index (χ3v) is 5.85. The Bertz CT molecular complexity index is 864. The number of aryl methyl sites for hydroxylation is 1. The topological polar surface area (TPSA) is 122 Å². The summed E-state index contributed by atoms with van der Waals surface area (Å²) < 4.78 is 11.1. The van der Waals surface area contributed by atoms with Crippen LogP contribution in [0.25, 0.3) is 0 Å². The molecule has 4 heterocycles. The number of rotatable bonds is 7. The molecule has 0 amide bonds. The minimum atomic E-state index is -0.991. The second-order valence-electron chi connectivity index (χ2n) is 6.91. The van der Waals surface area contributed by atoms with E-state index in [1.54, 1.807) is 6.92 Å². The zero-order valence-corrected chi connectivity index (χ0v) is 17.0. The van der Waals surface area contributed by atoms with Crippen LogP contribution in [0.5, 0.6) is 0 Å². The molecule has 0 bridgehead atoms. The Morgan fingerprint density at radius 3 is 2.83 bits per heavy atom. The van der Waals surface area contributed by atoms with Crippen LogP contribution in [-0.4, -0.2) is 71.6 Å². The Morgan fingerprint density at radius 2 is 2.14 bits per heavy atom. The Kier molecular flexibility index (Phi) is 6.07. The van der Waals surface area contributed by atoms with E-state index in [0.29, 0.717) is 42.4 Å². The van der Waals surface area contributed by atoms with Crippen LogP contribution in [0.1, 0.15) is 28.2 Å². The number of carboxylic acid groups (broad SMARTS) is 1. The molecule has 2 aliphatic rings. The van der Waals surface area contributed by atoms with E-state index in [0.717, 1.165) is 49.7 Å². The molecule has 11 heteroatoms. The van der Waals surface area contributed by atoms with Gasteiger partial charge in [0.15, 0.2) is 5.13 Å². The molecule has 0 aromatic carbocycles. The molecule has 0 aliphatic carbocycles. The molecule has 156 valence electrons. The van der Waals surface area contributed by atoms with Gasteiger partial charge in [0, 0.05) is 32.3 Å². The van der Waals surface area contributed by atoms with Crippen LogP contribution in [0.2, 0.25) is 0 Å². The molecule has 2 aliphatic heterocycles. The molecule has 2 saturated heterocycles. The van der Waals surface area contributed by atoms with Crippen LogP contribution in [0, 0.1) is 6.92 Å². The summed E-state index contributed by atoms with van der Waals surface area (Å²) in [5, 5.41) is 16.1. The predicted molar refractivity (Wildman–Crippen MR) is 110 cm³/mol. The van der Waals surface area contributed by atoms with Gasteiger partial charge in [0.1, 0.15) is 16.5 Å². The number of nitrogens with one attached hydrogen (secondary N) is 2. The lowest BCUT2D eigenvalue weighted by Crippen LogP contribution is -2.37. The number of hydrogen-bond donors (Lipinski definition) is 3. The Morgan fingerprint density at radius 1 is 1.31 bits per heavy atom. The number of morpholine rings is 1. The maximum absolute atomic E-state index is 11.3. The van der Waals surface area contributed by atoms with E-state index in [9.17, 15) is 9.90 Å². The van der Waals surface area contributed by atoms with Crippen LogP contribution < -0.4 is 15.5 Å². The van der Waals surface area contributed by atoms with E-state index in [4.69, 9.17) is 9.47 Å². The average molecular weight is 420 g/mol. The van der Waals surface area contributed by atoms with E-state index in [2.05, 4.69) is 30.5 Å². The summed E-state index contributed by atoms with van der Waals surface area (Å²) in [7, 11) is 0. The maximum atomic E-state index is 11.3. The number of carbonyl (C=O) groups is 1. The van der Waals surface area contributed by atoms with Crippen LogP contribution in [0.3, 0.4) is 0 Å². The van der Waals surface area contributed by atoms with Crippen molar-refractivity contribution < 1.29 is 19.4 Å². The third kappa shape index (κ3) is 4.92. The van der Waals surface area contributed by atoms with E-state index < -0.39 is 5.97 Å². The number of aromatic carboxylic acids is 1. The number of ether oxygens (including phenoxy) is 2. The normalized spacial score (nSPS) is 19.3. The summed E-state index contributed by atoms with van der Waals surface area (Å²) in [5.41, 5.74) is 0.464. The minimum Gasteiger partial charge on any atom is -0.477 e. The molecule has 1 unspecified atom stereocenters. The van der Waals surface area contributed by atoms with Crippen molar-refractivity contribution >= 4 is 40.0 Å². The molecule has 29 heavy (non-hydrogen) atoms. The first-order valence-electron chi connectivity index (χ1n) is 9.63. The van der Waals surface area contributed by atoms with Crippen molar-refractivity contribution in [1.82, 2.24) is 15.0 Å². The van der Waals surface area contributed by atoms with E-state index in [1.807, 2.05) is 6.07 Å². The van der Waals surface area contributed by atoms with Gasteiger partial charge >= 0.3 is 5.97 Å². The number of anilines is 4. The van der Waals surface area contributed by atoms with E-state index in [1.165, 1.54) is 0 Å². The number of nitrogens with zero attached hydrogens (tertiary/aromatic N) is 4. The average Bonchev–Trinajstić information content (AvgIpc) is 3.36. The van der Waals surface area contributed by atoms with Crippen molar-refractivity contribution in [2.24, 2.45) is 0 Å². The lowest BCUT2D eigenvalue weighted by Gasteiger charge is -2.28. The van der Waals surface area contributed by atoms with Gasteiger partial charge in [0.25, 0.3) is 0 Å². The first-order valence-corrected chi connectivity index (χ1v) is 10.4. The summed E-state index contributed by atoms with van der Waals surface area (Å²) in [6.45, 7) is 5.96. The first-order chi connectivity index (χ1) is 14.1. The van der Waals surface area contributed by atoms with E-state index in [-0.39, 0.29) is 11.0 Å². The van der Waals surface area contributed by atoms with Crippen molar-refractivity contribution in [3.8, 4) is 0 Å². The van der Waals surface area contributed by atoms with Gasteiger partial charge < -0.3 is 24.8 Å². The number of aromatic nitrogens is 3. The van der Waals surface area contributed by atoms with Gasteiger partial charge in [-0.05, 0) is 19.8 Å². The van der Waals surface area contributed by atoms with Gasteiger partial charge in [-0.2, -0.15) is 9.97 Å². The van der Waals surface area contributed by atoms with Crippen molar-refractivity contribution in [2.75, 3.05) is 55.0 Å². The highest BCUT2D eigenvalue weighted by Gasteiger charge is 2.19. The molecule has 0 spiro atoms. The largest absolute Gasteiger partial charge is 0.477 e. The summed E-state index contributed by atoms with van der Waals surface area (Å²) >= 11 is 1.07. The fourth-order valence-corrected chi connectivity index (χ4v) is 4.10. The van der Waals surface area contributed by atoms with Crippen LogP contribution >= 0.6 is 11.3 Å². The maximum Gasteiger partial charge on any atom is 0.347 e. The summed E-state index contributed by atoms with van der Waals surface area (Å²) in [4.78, 5) is 27.1. The quantitative estimate of drug-likeness (QED) is 0.614. The molecule has 0 radical (unpaired) electrons. The van der Waals surface area contributed by atoms with Crippen LogP contribution in [0.4, 0.5) is 22.7 Å². The molecule has 10 nitrogen and oxygen atoms in total. The molecular weight excluding hydrogens is 396 g/mol. The zero-order valence-electron chi connectivity index (χ0n) is 16.2. The second-order valence-corrected chi connectivity index (χ2v) is 7.91. The molecule has 2 aromatic rings. The molecule has 3 N–H and O–H groups in total. The molecular formula is C18H24N6O4S. The van der Waals surface area contributed by atoms with E-state index >= 15 is 0 Å². The van der Waals surface area contributed by atoms with Gasteiger partial charge in [-0.15, -0.1) is 0 Å². The lowest BCUT2D eigenvalue weighted by atomic mass is 10.2. The standard InChI is InChI=1S/C18H24N6O4S/c1-11-15(16(25)26)29-18(20-11)23-17-21-13(19-10-12-3-2-6-28-12)9-14(22-17)24-4-7-27-8-5-24/h9,12H,2-8,10H2,1H3,(H,25,26)(H2,19,20,21,22,23). The Labute approximate surface area is 172 Å². The van der Waals surface area contributed by atoms with Crippen molar-refractivity contribution in [3.05, 3.63) is 16.6 Å². The number of thiazole rings is 1. The van der Waals surface area contributed by atoms with Crippen LogP contribution in [-0.2, 0) is 9.47 Å². The SMILES string of the molecule is Cc1nc(Nc2nc(NCC3CCCO3)cc(N3CCOCC3)n2)sc1C(=O)O. The fraction of sp³-hybridized carbons (Fsp3) is 0.556. The van der Waals surface area contributed by atoms with Crippen molar-refractivity contribution in [3.63, 3.8) is 0 Å². The van der Waals surface area contributed by atoms with Gasteiger partial charge in [-0.25, -0.2) is 9.78 Å². The zero-order chi connectivity index (χ0) is 20.2. The highest BCUT2D eigenvalue weighted by Crippen LogP contribution is 2.27. The molecule has 4 rings (SSSR count). The summed E-state index contributed by atoms with van der Waals surface area (Å²) in [6.07, 6.45) is 2.31. The molecule has 1 atom stereocenters. The van der Waals surface area contributed by atoms with Crippen molar-refractivity contribution in [2.45, 2.75) is 25.9 Å². The second kappa shape index (κ2) is 8.89. The van der Waals surface area contributed by atoms with Gasteiger partial charge in [0.05, 0.1) is 25.0 Å². The number of carboxylic acids is 1. The monoisotopic (exact) mass is 420 g/mol. The summed E-state index contributed by atoms with van der Waals surface area (Å²) in [5.74, 6) is 0.850. The highest BCUT2D eigenvalue weighted by molar-refractivity contribution is 7.17. The summed E-state index contributed by atoms with van der Waals surface area (Å²) in [6, 6.07) is 1.92. The third-order valence-electron chi connectivity index (χ3n) is 4.79. The lowest BCUT2D eigenvalue weighted by molar-refractivity contribution is 0.0701.